The zero-order valence-electron chi connectivity index (χ0n) is 10.3. The maximum absolute atomic E-state index is 11.4. The molecule has 0 aliphatic rings. The lowest BCUT2D eigenvalue weighted by Gasteiger charge is -2.15. The highest BCUT2D eigenvalue weighted by Crippen LogP contribution is 1.97. The molecule has 0 saturated carbocycles. The predicted octanol–water partition coefficient (Wildman–Crippen LogP) is -0.835. The van der Waals surface area contributed by atoms with Gasteiger partial charge >= 0.3 is 5.69 Å². The third kappa shape index (κ3) is 4.57. The molecule has 1 aromatic heterocycles. The van der Waals surface area contributed by atoms with Gasteiger partial charge in [-0.15, -0.1) is 6.42 Å². The molecule has 0 aliphatic carbocycles. The molecule has 98 valence electrons. The lowest BCUT2D eigenvalue weighted by atomic mass is 10.2. The molecule has 1 aromatic rings. The van der Waals surface area contributed by atoms with Crippen molar-refractivity contribution in [3.05, 3.63) is 33.1 Å². The topological polar surface area (TPSA) is 76.1 Å². The fraction of sp³-hybridized carbons (Fsp3) is 0.500. The third-order valence-corrected chi connectivity index (χ3v) is 2.52. The lowest BCUT2D eigenvalue weighted by Crippen LogP contribution is -2.33. The standard InChI is InChI=1S/C12H17N3O3/c1-3-6-13-9-10(18-2)4-7-15-8-5-11(16)14-12(15)17/h1,5,8,10,13H,4,6-7,9H2,2H3,(H,14,16,17). The monoisotopic (exact) mass is 251 g/mol. The molecule has 0 aliphatic heterocycles. The number of methoxy groups -OCH3 is 1. The van der Waals surface area contributed by atoms with Crippen LogP contribution in [0.5, 0.6) is 0 Å². The number of aromatic amines is 1. The number of nitrogens with zero attached hydrogens (tertiary/aromatic N) is 1. The zero-order chi connectivity index (χ0) is 13.4. The van der Waals surface area contributed by atoms with Crippen molar-refractivity contribution in [1.82, 2.24) is 14.9 Å². The Hall–Kier alpha value is -1.84. The largest absolute Gasteiger partial charge is 0.380 e. The van der Waals surface area contributed by atoms with Gasteiger partial charge in [-0.3, -0.25) is 9.78 Å². The van der Waals surface area contributed by atoms with Crippen molar-refractivity contribution in [2.24, 2.45) is 0 Å². The van der Waals surface area contributed by atoms with Crippen molar-refractivity contribution in [3.63, 3.8) is 0 Å². The summed E-state index contributed by atoms with van der Waals surface area (Å²) in [4.78, 5) is 24.5. The fourth-order valence-electron chi connectivity index (χ4n) is 1.51. The summed E-state index contributed by atoms with van der Waals surface area (Å²) < 4.78 is 6.70. The molecule has 0 fully saturated rings. The summed E-state index contributed by atoms with van der Waals surface area (Å²) in [5.41, 5.74) is -0.802. The molecule has 0 spiro atoms. The Morgan fingerprint density at radius 1 is 1.61 bits per heavy atom. The Morgan fingerprint density at radius 3 is 3.00 bits per heavy atom. The Labute approximate surface area is 105 Å². The molecular weight excluding hydrogens is 234 g/mol. The lowest BCUT2D eigenvalue weighted by molar-refractivity contribution is 0.0912. The molecule has 1 rings (SSSR count). The minimum atomic E-state index is -0.408. The number of terminal acetylenes is 1. The molecule has 1 heterocycles. The van der Waals surface area contributed by atoms with Gasteiger partial charge in [0.15, 0.2) is 0 Å². The molecule has 2 N–H and O–H groups in total. The van der Waals surface area contributed by atoms with Crippen LogP contribution in [-0.2, 0) is 11.3 Å². The van der Waals surface area contributed by atoms with Crippen molar-refractivity contribution >= 4 is 0 Å². The summed E-state index contributed by atoms with van der Waals surface area (Å²) in [5, 5.41) is 3.04. The molecule has 0 amide bonds. The van der Waals surface area contributed by atoms with Crippen LogP contribution < -0.4 is 16.6 Å². The van der Waals surface area contributed by atoms with E-state index in [0.717, 1.165) is 0 Å². The van der Waals surface area contributed by atoms with Crippen molar-refractivity contribution in [2.45, 2.75) is 19.1 Å². The third-order valence-electron chi connectivity index (χ3n) is 2.52. The highest BCUT2D eigenvalue weighted by Gasteiger charge is 2.07. The Bertz CT molecular complexity index is 512. The second-order valence-corrected chi connectivity index (χ2v) is 3.78. The highest BCUT2D eigenvalue weighted by molar-refractivity contribution is 4.87. The van der Waals surface area contributed by atoms with Crippen molar-refractivity contribution in [3.8, 4) is 12.3 Å². The van der Waals surface area contributed by atoms with Crippen LogP contribution in [0.15, 0.2) is 21.9 Å². The van der Waals surface area contributed by atoms with E-state index in [-0.39, 0.29) is 6.10 Å². The molecule has 0 radical (unpaired) electrons. The van der Waals surface area contributed by atoms with E-state index in [0.29, 0.717) is 26.1 Å². The second kappa shape index (κ2) is 7.48. The SMILES string of the molecule is C#CCNCC(CCn1ccc(=O)[nH]c1=O)OC. The van der Waals surface area contributed by atoms with E-state index in [2.05, 4.69) is 16.2 Å². The number of rotatable bonds is 7. The molecule has 0 aromatic carbocycles. The Morgan fingerprint density at radius 2 is 2.39 bits per heavy atom. The van der Waals surface area contributed by atoms with Gasteiger partial charge < -0.3 is 14.6 Å². The van der Waals surface area contributed by atoms with Crippen LogP contribution in [-0.4, -0.2) is 35.9 Å². The van der Waals surface area contributed by atoms with E-state index in [1.54, 1.807) is 7.11 Å². The van der Waals surface area contributed by atoms with Gasteiger partial charge in [-0.25, -0.2) is 4.79 Å². The average molecular weight is 251 g/mol. The van der Waals surface area contributed by atoms with Crippen molar-refractivity contribution < 1.29 is 4.74 Å². The van der Waals surface area contributed by atoms with E-state index in [1.165, 1.54) is 16.8 Å². The molecule has 18 heavy (non-hydrogen) atoms. The number of aromatic nitrogens is 2. The van der Waals surface area contributed by atoms with Crippen LogP contribution in [0, 0.1) is 12.3 Å². The van der Waals surface area contributed by atoms with Crippen molar-refractivity contribution in [1.29, 1.82) is 0 Å². The second-order valence-electron chi connectivity index (χ2n) is 3.78. The first kappa shape index (κ1) is 14.2. The first-order chi connectivity index (χ1) is 8.67. The summed E-state index contributed by atoms with van der Waals surface area (Å²) >= 11 is 0. The summed E-state index contributed by atoms with van der Waals surface area (Å²) in [6.45, 7) is 1.59. The molecule has 0 bridgehead atoms. The number of aryl methyl sites for hydroxylation is 1. The molecule has 1 atom stereocenters. The molecule has 6 heteroatoms. The summed E-state index contributed by atoms with van der Waals surface area (Å²) in [5.74, 6) is 2.47. The first-order valence-corrected chi connectivity index (χ1v) is 5.64. The van der Waals surface area contributed by atoms with Crippen LogP contribution in [0.3, 0.4) is 0 Å². The number of nitrogens with one attached hydrogen (secondary N) is 2. The summed E-state index contributed by atoms with van der Waals surface area (Å²) in [6, 6.07) is 1.32. The Balaban J connectivity index is 2.49. The van der Waals surface area contributed by atoms with Crippen LogP contribution in [0.2, 0.25) is 0 Å². The number of ether oxygens (including phenoxy) is 1. The van der Waals surface area contributed by atoms with Gasteiger partial charge in [0, 0.05) is 32.5 Å². The van der Waals surface area contributed by atoms with Gasteiger partial charge in [0.05, 0.1) is 12.6 Å². The van der Waals surface area contributed by atoms with Crippen LogP contribution in [0.1, 0.15) is 6.42 Å². The molecule has 6 nitrogen and oxygen atoms in total. The van der Waals surface area contributed by atoms with Gasteiger partial charge in [0.1, 0.15) is 0 Å². The normalized spacial score (nSPS) is 12.0. The molecular formula is C12H17N3O3. The Kier molecular flexibility index (Phi) is 5.91. The van der Waals surface area contributed by atoms with E-state index in [4.69, 9.17) is 11.2 Å². The van der Waals surface area contributed by atoms with E-state index < -0.39 is 11.2 Å². The van der Waals surface area contributed by atoms with E-state index >= 15 is 0 Å². The number of hydrogen-bond acceptors (Lipinski definition) is 4. The fourth-order valence-corrected chi connectivity index (χ4v) is 1.51. The highest BCUT2D eigenvalue weighted by atomic mass is 16.5. The van der Waals surface area contributed by atoms with E-state index in [1.807, 2.05) is 0 Å². The molecule has 0 saturated heterocycles. The smallest absolute Gasteiger partial charge is 0.328 e. The quantitative estimate of drug-likeness (QED) is 0.489. The van der Waals surface area contributed by atoms with Crippen LogP contribution >= 0.6 is 0 Å². The zero-order valence-corrected chi connectivity index (χ0v) is 10.3. The molecule has 1 unspecified atom stereocenters. The van der Waals surface area contributed by atoms with Gasteiger partial charge in [-0.05, 0) is 6.42 Å². The first-order valence-electron chi connectivity index (χ1n) is 5.64. The maximum atomic E-state index is 11.4. The number of H-pyrrole nitrogens is 1. The van der Waals surface area contributed by atoms with Crippen LogP contribution in [0.4, 0.5) is 0 Å². The van der Waals surface area contributed by atoms with Crippen LogP contribution in [0.25, 0.3) is 0 Å². The van der Waals surface area contributed by atoms with Gasteiger partial charge in [0.2, 0.25) is 0 Å². The van der Waals surface area contributed by atoms with Gasteiger partial charge in [-0.2, -0.15) is 0 Å². The van der Waals surface area contributed by atoms with Crippen molar-refractivity contribution in [2.75, 3.05) is 20.2 Å². The summed E-state index contributed by atoms with van der Waals surface area (Å²) in [6.07, 6.45) is 7.22. The van der Waals surface area contributed by atoms with E-state index in [9.17, 15) is 9.59 Å². The average Bonchev–Trinajstić information content (AvgIpc) is 2.35. The minimum absolute atomic E-state index is 0.0304. The summed E-state index contributed by atoms with van der Waals surface area (Å²) in [7, 11) is 1.61. The van der Waals surface area contributed by atoms with Gasteiger partial charge in [-0.1, -0.05) is 5.92 Å². The predicted molar refractivity (Wildman–Crippen MR) is 68.4 cm³/mol. The minimum Gasteiger partial charge on any atom is -0.380 e. The maximum Gasteiger partial charge on any atom is 0.328 e. The van der Waals surface area contributed by atoms with Gasteiger partial charge in [0.25, 0.3) is 5.56 Å². The number of hydrogen-bond donors (Lipinski definition) is 2.